The molecule has 3 heterocycles. The molecule has 7 nitrogen and oxygen atoms in total. The first-order valence-corrected chi connectivity index (χ1v) is 12.6. The first-order valence-electron chi connectivity index (χ1n) is 11.8. The van der Waals surface area contributed by atoms with Gasteiger partial charge in [0.25, 0.3) is 0 Å². The van der Waals surface area contributed by atoms with Crippen molar-refractivity contribution in [2.24, 2.45) is 17.8 Å². The van der Waals surface area contributed by atoms with Crippen LogP contribution in [0.2, 0.25) is 0 Å². The van der Waals surface area contributed by atoms with Crippen molar-refractivity contribution in [1.29, 1.82) is 0 Å². The van der Waals surface area contributed by atoms with Gasteiger partial charge in [0.15, 0.2) is 5.16 Å². The minimum Gasteiger partial charge on any atom is -0.467 e. The molecule has 0 aromatic carbocycles. The van der Waals surface area contributed by atoms with Gasteiger partial charge in [-0.25, -0.2) is 0 Å². The first-order chi connectivity index (χ1) is 15.1. The summed E-state index contributed by atoms with van der Waals surface area (Å²) < 4.78 is 7.68. The third-order valence-corrected chi connectivity index (χ3v) is 8.52. The Morgan fingerprint density at radius 1 is 1.26 bits per heavy atom. The summed E-state index contributed by atoms with van der Waals surface area (Å²) in [6.07, 6.45) is 9.42. The SMILES string of the molecule is C[C@H](Sc1nnc(N2CCCC2)n1Cc1ccco1)C(=O)N[C@@H](C)[C@@H]1C[C@H]2CC[C@H]1C2. The fraction of sp³-hybridized carbons (Fsp3) is 0.696. The largest absolute Gasteiger partial charge is 0.467 e. The molecule has 2 saturated carbocycles. The predicted molar refractivity (Wildman–Crippen MR) is 121 cm³/mol. The molecule has 3 aliphatic rings. The molecule has 3 fully saturated rings. The Kier molecular flexibility index (Phi) is 5.99. The lowest BCUT2D eigenvalue weighted by Crippen LogP contribution is -2.43. The smallest absolute Gasteiger partial charge is 0.233 e. The Morgan fingerprint density at radius 3 is 2.77 bits per heavy atom. The zero-order valence-electron chi connectivity index (χ0n) is 18.5. The number of rotatable bonds is 8. The van der Waals surface area contributed by atoms with Crippen molar-refractivity contribution in [3.05, 3.63) is 24.2 Å². The summed E-state index contributed by atoms with van der Waals surface area (Å²) in [6, 6.07) is 4.11. The van der Waals surface area contributed by atoms with Gasteiger partial charge < -0.3 is 14.6 Å². The molecule has 0 spiro atoms. The maximum Gasteiger partial charge on any atom is 0.233 e. The molecular weight excluding hydrogens is 410 g/mol. The number of nitrogens with zero attached hydrogens (tertiary/aromatic N) is 4. The van der Waals surface area contributed by atoms with Crippen molar-refractivity contribution in [3.8, 4) is 0 Å². The van der Waals surface area contributed by atoms with Crippen LogP contribution in [0.4, 0.5) is 5.95 Å². The molecule has 5 rings (SSSR count). The van der Waals surface area contributed by atoms with Gasteiger partial charge in [0, 0.05) is 19.1 Å². The van der Waals surface area contributed by atoms with E-state index in [0.717, 1.165) is 41.8 Å². The van der Waals surface area contributed by atoms with Crippen molar-refractivity contribution in [2.45, 2.75) is 75.4 Å². The van der Waals surface area contributed by atoms with Crippen LogP contribution in [0, 0.1) is 17.8 Å². The number of hydrogen-bond donors (Lipinski definition) is 1. The van der Waals surface area contributed by atoms with Gasteiger partial charge >= 0.3 is 0 Å². The molecule has 1 saturated heterocycles. The molecule has 2 aromatic rings. The Bertz CT molecular complexity index is 892. The number of hydrogen-bond acceptors (Lipinski definition) is 6. The first kappa shape index (κ1) is 20.9. The second kappa shape index (κ2) is 8.88. The van der Waals surface area contributed by atoms with E-state index < -0.39 is 0 Å². The number of nitrogens with one attached hydrogen (secondary N) is 1. The highest BCUT2D eigenvalue weighted by Crippen LogP contribution is 2.49. The fourth-order valence-corrected chi connectivity index (χ4v) is 6.64. The maximum atomic E-state index is 13.0. The summed E-state index contributed by atoms with van der Waals surface area (Å²) in [5.74, 6) is 4.18. The van der Waals surface area contributed by atoms with Gasteiger partial charge in [-0.2, -0.15) is 0 Å². The highest BCUT2D eigenvalue weighted by molar-refractivity contribution is 8.00. The normalized spacial score (nSPS) is 27.0. The number of thioether (sulfide) groups is 1. The third-order valence-electron chi connectivity index (χ3n) is 7.44. The number of carbonyl (C=O) groups excluding carboxylic acids is 1. The van der Waals surface area contributed by atoms with E-state index in [4.69, 9.17) is 4.42 Å². The lowest BCUT2D eigenvalue weighted by atomic mass is 9.84. The second-order valence-corrected chi connectivity index (χ2v) is 10.8. The molecular formula is C23H33N5O2S. The van der Waals surface area contributed by atoms with Crippen LogP contribution in [-0.2, 0) is 11.3 Å². The van der Waals surface area contributed by atoms with Gasteiger partial charge in [-0.1, -0.05) is 18.2 Å². The number of furan rings is 1. The number of fused-ring (bicyclic) bond motifs is 2. The summed E-state index contributed by atoms with van der Waals surface area (Å²) in [6.45, 7) is 6.72. The van der Waals surface area contributed by atoms with E-state index in [0.29, 0.717) is 12.5 Å². The van der Waals surface area contributed by atoms with Crippen LogP contribution < -0.4 is 10.2 Å². The lowest BCUT2D eigenvalue weighted by molar-refractivity contribution is -0.121. The monoisotopic (exact) mass is 443 g/mol. The van der Waals surface area contributed by atoms with Crippen LogP contribution in [0.15, 0.2) is 28.0 Å². The second-order valence-electron chi connectivity index (χ2n) is 9.54. The Hall–Kier alpha value is -1.96. The van der Waals surface area contributed by atoms with E-state index in [1.165, 1.54) is 50.3 Å². The van der Waals surface area contributed by atoms with Gasteiger partial charge in [-0.15, -0.1) is 10.2 Å². The van der Waals surface area contributed by atoms with Crippen molar-refractivity contribution in [1.82, 2.24) is 20.1 Å². The predicted octanol–water partition coefficient (Wildman–Crippen LogP) is 3.94. The molecule has 168 valence electrons. The van der Waals surface area contributed by atoms with Crippen molar-refractivity contribution in [3.63, 3.8) is 0 Å². The number of amides is 1. The Morgan fingerprint density at radius 2 is 2.10 bits per heavy atom. The van der Waals surface area contributed by atoms with Crippen LogP contribution in [0.1, 0.15) is 58.1 Å². The van der Waals surface area contributed by atoms with Crippen LogP contribution in [0.25, 0.3) is 0 Å². The summed E-state index contributed by atoms with van der Waals surface area (Å²) in [7, 11) is 0. The van der Waals surface area contributed by atoms with E-state index in [1.807, 2.05) is 19.1 Å². The Labute approximate surface area is 188 Å². The average Bonchev–Trinajstić information content (AvgIpc) is 3.57. The van der Waals surface area contributed by atoms with Crippen molar-refractivity contribution in [2.75, 3.05) is 18.0 Å². The van der Waals surface area contributed by atoms with Gasteiger partial charge in [0.05, 0.1) is 18.1 Å². The molecule has 1 amide bonds. The third kappa shape index (κ3) is 4.36. The van der Waals surface area contributed by atoms with Gasteiger partial charge in [-0.05, 0) is 75.8 Å². The quantitative estimate of drug-likeness (QED) is 0.623. The van der Waals surface area contributed by atoms with Crippen LogP contribution in [-0.4, -0.2) is 45.1 Å². The van der Waals surface area contributed by atoms with E-state index in [2.05, 4.69) is 31.9 Å². The standard InChI is InChI=1S/C23H33N5O2S/c1-15(20-13-17-7-8-18(20)12-17)24-21(29)16(2)31-23-26-25-22(27-9-3-4-10-27)28(23)14-19-6-5-11-30-19/h5-6,11,15-18,20H,3-4,7-10,12-14H2,1-2H3,(H,24,29)/t15-,16-,17-,18-,20-/m0/s1. The van der Waals surface area contributed by atoms with Gasteiger partial charge in [-0.3, -0.25) is 9.36 Å². The number of carbonyl (C=O) groups is 1. The van der Waals surface area contributed by atoms with Crippen molar-refractivity contribution < 1.29 is 9.21 Å². The summed E-state index contributed by atoms with van der Waals surface area (Å²) >= 11 is 1.49. The minimum absolute atomic E-state index is 0.0931. The summed E-state index contributed by atoms with van der Waals surface area (Å²) in [4.78, 5) is 15.3. The molecule has 2 aromatic heterocycles. The van der Waals surface area contributed by atoms with E-state index in [-0.39, 0.29) is 17.2 Å². The molecule has 1 aliphatic heterocycles. The molecule has 2 aliphatic carbocycles. The molecule has 0 radical (unpaired) electrons. The van der Waals surface area contributed by atoms with Crippen LogP contribution in [0.3, 0.4) is 0 Å². The molecule has 1 N–H and O–H groups in total. The van der Waals surface area contributed by atoms with Gasteiger partial charge in [0.2, 0.25) is 11.9 Å². The van der Waals surface area contributed by atoms with E-state index >= 15 is 0 Å². The van der Waals surface area contributed by atoms with E-state index in [1.54, 1.807) is 6.26 Å². The molecule has 0 unspecified atom stereocenters. The van der Waals surface area contributed by atoms with Crippen LogP contribution in [0.5, 0.6) is 0 Å². The minimum atomic E-state index is -0.230. The van der Waals surface area contributed by atoms with Crippen molar-refractivity contribution >= 4 is 23.6 Å². The highest BCUT2D eigenvalue weighted by atomic mass is 32.2. The average molecular weight is 444 g/mol. The van der Waals surface area contributed by atoms with Crippen LogP contribution >= 0.6 is 11.8 Å². The summed E-state index contributed by atoms with van der Waals surface area (Å²) in [5.41, 5.74) is 0. The van der Waals surface area contributed by atoms with E-state index in [9.17, 15) is 4.79 Å². The zero-order valence-corrected chi connectivity index (χ0v) is 19.3. The zero-order chi connectivity index (χ0) is 21.4. The summed E-state index contributed by atoms with van der Waals surface area (Å²) in [5, 5.41) is 12.8. The highest BCUT2D eigenvalue weighted by Gasteiger charge is 2.42. The fourth-order valence-electron chi connectivity index (χ4n) is 5.78. The molecule has 2 bridgehead atoms. The van der Waals surface area contributed by atoms with Gasteiger partial charge in [0.1, 0.15) is 5.76 Å². The number of aromatic nitrogens is 3. The molecule has 31 heavy (non-hydrogen) atoms. The number of anilines is 1. The maximum absolute atomic E-state index is 13.0. The molecule has 8 heteroatoms. The molecule has 5 atom stereocenters. The topological polar surface area (TPSA) is 76.2 Å². The lowest BCUT2D eigenvalue weighted by Gasteiger charge is -2.29. The Balaban J connectivity index is 1.26.